The molecule has 1 aromatic rings. The minimum atomic E-state index is 0.135. The second-order valence-corrected chi connectivity index (χ2v) is 7.30. The summed E-state index contributed by atoms with van der Waals surface area (Å²) < 4.78 is 13.7. The molecule has 2 saturated carbocycles. The van der Waals surface area contributed by atoms with E-state index in [1.54, 1.807) is 0 Å². The van der Waals surface area contributed by atoms with Gasteiger partial charge in [0, 0.05) is 33.0 Å². The predicted octanol–water partition coefficient (Wildman–Crippen LogP) is 2.07. The largest absolute Gasteiger partial charge is 0.381 e. The van der Waals surface area contributed by atoms with Crippen molar-refractivity contribution < 1.29 is 14.3 Å². The molecule has 2 aliphatic carbocycles. The molecule has 1 aromatic heterocycles. The first kappa shape index (κ1) is 15.2. The summed E-state index contributed by atoms with van der Waals surface area (Å²) in [6, 6.07) is 4.03. The smallest absolute Gasteiger partial charge is 0.270 e. The summed E-state index contributed by atoms with van der Waals surface area (Å²) in [5.74, 6) is 1.46. The van der Waals surface area contributed by atoms with Gasteiger partial charge in [-0.05, 0) is 49.7 Å². The zero-order valence-electron chi connectivity index (χ0n) is 13.8. The topological polar surface area (TPSA) is 43.7 Å². The molecule has 0 spiro atoms. The Morgan fingerprint density at radius 1 is 1.30 bits per heavy atom. The van der Waals surface area contributed by atoms with Crippen LogP contribution >= 0.6 is 0 Å². The monoisotopic (exact) mass is 318 g/mol. The van der Waals surface area contributed by atoms with Gasteiger partial charge in [-0.3, -0.25) is 4.79 Å². The number of nitrogens with zero attached hydrogens (tertiary/aromatic N) is 2. The number of carbonyl (C=O) groups is 1. The van der Waals surface area contributed by atoms with Crippen LogP contribution in [0.3, 0.4) is 0 Å². The van der Waals surface area contributed by atoms with Crippen LogP contribution in [0.15, 0.2) is 18.3 Å². The maximum Gasteiger partial charge on any atom is 0.270 e. The Kier molecular flexibility index (Phi) is 4.16. The number of amides is 1. The number of rotatable bonds is 5. The Morgan fingerprint density at radius 3 is 2.87 bits per heavy atom. The van der Waals surface area contributed by atoms with Crippen molar-refractivity contribution in [2.24, 2.45) is 18.9 Å². The standard InChI is InChI=1S/C18H26N2O3/c1-19-6-2-3-15(19)18(21)20-7-8-23-17-10-14(9-16(17)20)12-22-11-13-4-5-13/h2-3,6,13-14,16-17H,4-5,7-12H2,1H3/t14-,16+,17+/m0/s1. The molecular formula is C18H26N2O3. The van der Waals surface area contributed by atoms with Gasteiger partial charge in [0.1, 0.15) is 5.69 Å². The maximum absolute atomic E-state index is 12.9. The molecule has 5 heteroatoms. The maximum atomic E-state index is 12.9. The summed E-state index contributed by atoms with van der Waals surface area (Å²) in [6.45, 7) is 3.07. The van der Waals surface area contributed by atoms with E-state index in [2.05, 4.69) is 0 Å². The van der Waals surface area contributed by atoms with Gasteiger partial charge in [0.15, 0.2) is 0 Å². The number of morpholine rings is 1. The summed E-state index contributed by atoms with van der Waals surface area (Å²) >= 11 is 0. The van der Waals surface area contributed by atoms with Crippen molar-refractivity contribution in [2.45, 2.75) is 37.8 Å². The van der Waals surface area contributed by atoms with Gasteiger partial charge in [0.25, 0.3) is 5.91 Å². The SMILES string of the molecule is Cn1cccc1C(=O)N1CCO[C@@H]2C[C@@H](COCC3CC3)C[C@H]21. The molecule has 0 N–H and O–H groups in total. The number of aryl methyl sites for hydroxylation is 1. The van der Waals surface area contributed by atoms with E-state index in [1.807, 2.05) is 34.8 Å². The van der Waals surface area contributed by atoms with Gasteiger partial charge >= 0.3 is 0 Å². The first-order valence-electron chi connectivity index (χ1n) is 8.84. The molecule has 4 rings (SSSR count). The highest BCUT2D eigenvalue weighted by atomic mass is 16.5. The van der Waals surface area contributed by atoms with Crippen molar-refractivity contribution in [1.82, 2.24) is 9.47 Å². The van der Waals surface area contributed by atoms with Gasteiger partial charge in [-0.15, -0.1) is 0 Å². The van der Waals surface area contributed by atoms with E-state index in [9.17, 15) is 4.79 Å². The van der Waals surface area contributed by atoms with Crippen molar-refractivity contribution in [3.8, 4) is 0 Å². The fraction of sp³-hybridized carbons (Fsp3) is 0.722. The first-order valence-corrected chi connectivity index (χ1v) is 8.84. The van der Waals surface area contributed by atoms with E-state index >= 15 is 0 Å². The molecule has 0 bridgehead atoms. The van der Waals surface area contributed by atoms with E-state index in [1.165, 1.54) is 12.8 Å². The van der Waals surface area contributed by atoms with Crippen LogP contribution in [0.2, 0.25) is 0 Å². The van der Waals surface area contributed by atoms with Gasteiger partial charge in [0.05, 0.1) is 18.8 Å². The number of fused-ring (bicyclic) bond motifs is 1. The van der Waals surface area contributed by atoms with Crippen LogP contribution < -0.4 is 0 Å². The minimum Gasteiger partial charge on any atom is -0.381 e. The molecule has 2 heterocycles. The molecule has 3 aliphatic rings. The van der Waals surface area contributed by atoms with Crippen molar-refractivity contribution in [2.75, 3.05) is 26.4 Å². The lowest BCUT2D eigenvalue weighted by Gasteiger charge is -2.37. The third kappa shape index (κ3) is 3.17. The fourth-order valence-electron chi connectivity index (χ4n) is 3.96. The van der Waals surface area contributed by atoms with Crippen LogP contribution in [-0.2, 0) is 16.5 Å². The van der Waals surface area contributed by atoms with E-state index in [0.29, 0.717) is 19.1 Å². The number of carbonyl (C=O) groups excluding carboxylic acids is 1. The lowest BCUT2D eigenvalue weighted by molar-refractivity contribution is -0.0453. The highest BCUT2D eigenvalue weighted by molar-refractivity contribution is 5.93. The van der Waals surface area contributed by atoms with Gasteiger partial charge in [-0.2, -0.15) is 0 Å². The molecule has 126 valence electrons. The van der Waals surface area contributed by atoms with Crippen LogP contribution in [0.5, 0.6) is 0 Å². The van der Waals surface area contributed by atoms with E-state index < -0.39 is 0 Å². The van der Waals surface area contributed by atoms with Gasteiger partial charge in [0.2, 0.25) is 0 Å². The van der Waals surface area contributed by atoms with Crippen molar-refractivity contribution in [3.05, 3.63) is 24.0 Å². The highest BCUT2D eigenvalue weighted by Crippen LogP contribution is 2.36. The molecule has 3 fully saturated rings. The average Bonchev–Trinajstić information content (AvgIpc) is 3.11. The Hall–Kier alpha value is -1.33. The molecule has 1 saturated heterocycles. The van der Waals surface area contributed by atoms with E-state index in [4.69, 9.17) is 9.47 Å². The zero-order valence-corrected chi connectivity index (χ0v) is 13.8. The first-order chi connectivity index (χ1) is 11.2. The van der Waals surface area contributed by atoms with Crippen molar-refractivity contribution in [1.29, 1.82) is 0 Å². The molecule has 0 unspecified atom stereocenters. The lowest BCUT2D eigenvalue weighted by Crippen LogP contribution is -2.51. The quantitative estimate of drug-likeness (QED) is 0.835. The molecule has 0 radical (unpaired) electrons. The molecule has 1 aliphatic heterocycles. The zero-order chi connectivity index (χ0) is 15.8. The number of hydrogen-bond acceptors (Lipinski definition) is 3. The normalized spacial score (nSPS) is 30.5. The fourth-order valence-corrected chi connectivity index (χ4v) is 3.96. The number of aromatic nitrogens is 1. The van der Waals surface area contributed by atoms with Crippen LogP contribution in [0.25, 0.3) is 0 Å². The van der Waals surface area contributed by atoms with Crippen LogP contribution in [-0.4, -0.2) is 53.9 Å². The summed E-state index contributed by atoms with van der Waals surface area (Å²) in [7, 11) is 1.92. The van der Waals surface area contributed by atoms with Crippen LogP contribution in [0.4, 0.5) is 0 Å². The highest BCUT2D eigenvalue weighted by Gasteiger charge is 2.43. The third-order valence-electron chi connectivity index (χ3n) is 5.46. The second-order valence-electron chi connectivity index (χ2n) is 7.30. The van der Waals surface area contributed by atoms with Gasteiger partial charge < -0.3 is 18.9 Å². The average molecular weight is 318 g/mol. The summed E-state index contributed by atoms with van der Waals surface area (Å²) in [6.07, 6.45) is 6.80. The van der Waals surface area contributed by atoms with Crippen molar-refractivity contribution >= 4 is 5.91 Å². The molecule has 1 amide bonds. The Labute approximate surface area is 137 Å². The van der Waals surface area contributed by atoms with Gasteiger partial charge in [-0.1, -0.05) is 0 Å². The summed E-state index contributed by atoms with van der Waals surface area (Å²) in [5.41, 5.74) is 0.763. The second kappa shape index (κ2) is 6.29. The summed E-state index contributed by atoms with van der Waals surface area (Å²) in [4.78, 5) is 14.9. The number of hydrogen-bond donors (Lipinski definition) is 0. The third-order valence-corrected chi connectivity index (χ3v) is 5.46. The summed E-state index contributed by atoms with van der Waals surface area (Å²) in [5, 5.41) is 0. The molecule has 0 aromatic carbocycles. The van der Waals surface area contributed by atoms with Gasteiger partial charge in [-0.25, -0.2) is 0 Å². The Balaban J connectivity index is 1.39. The molecular weight excluding hydrogens is 292 g/mol. The van der Waals surface area contributed by atoms with Crippen molar-refractivity contribution in [3.63, 3.8) is 0 Å². The minimum absolute atomic E-state index is 0.135. The van der Waals surface area contributed by atoms with E-state index in [-0.39, 0.29) is 18.1 Å². The van der Waals surface area contributed by atoms with Crippen LogP contribution in [0, 0.1) is 11.8 Å². The number of ether oxygens (including phenoxy) is 2. The Morgan fingerprint density at radius 2 is 2.13 bits per heavy atom. The molecule has 23 heavy (non-hydrogen) atoms. The molecule has 3 atom stereocenters. The lowest BCUT2D eigenvalue weighted by atomic mass is 10.1. The van der Waals surface area contributed by atoms with E-state index in [0.717, 1.165) is 37.7 Å². The predicted molar refractivity (Wildman–Crippen MR) is 86.2 cm³/mol. The Bertz CT molecular complexity index is 566. The molecule has 5 nitrogen and oxygen atoms in total. The van der Waals surface area contributed by atoms with Crippen LogP contribution in [0.1, 0.15) is 36.2 Å².